The topological polar surface area (TPSA) is 63.8 Å². The van der Waals surface area contributed by atoms with E-state index in [1.165, 1.54) is 24.2 Å². The van der Waals surface area contributed by atoms with Crippen LogP contribution in [-0.4, -0.2) is 9.97 Å². The predicted molar refractivity (Wildman–Crippen MR) is 86.7 cm³/mol. The lowest BCUT2D eigenvalue weighted by atomic mass is 10.3. The Kier molecular flexibility index (Phi) is 4.38. The molecule has 1 aromatic heterocycles. The van der Waals surface area contributed by atoms with E-state index in [4.69, 9.17) is 5.73 Å². The van der Waals surface area contributed by atoms with Crippen molar-refractivity contribution in [3.8, 4) is 0 Å². The van der Waals surface area contributed by atoms with Crippen molar-refractivity contribution >= 4 is 29.0 Å². The summed E-state index contributed by atoms with van der Waals surface area (Å²) in [5, 5.41) is 3.31. The van der Waals surface area contributed by atoms with Gasteiger partial charge in [0.15, 0.2) is 5.82 Å². The fourth-order valence-corrected chi connectivity index (χ4v) is 2.70. The summed E-state index contributed by atoms with van der Waals surface area (Å²) in [5.41, 5.74) is 6.44. The molecule has 0 aliphatic heterocycles. The molecule has 2 aromatic carbocycles. The highest BCUT2D eigenvalue weighted by Gasteiger charge is 2.12. The van der Waals surface area contributed by atoms with Gasteiger partial charge >= 0.3 is 0 Å². The zero-order chi connectivity index (χ0) is 16.2. The zero-order valence-corrected chi connectivity index (χ0v) is 12.6. The van der Waals surface area contributed by atoms with Crippen LogP contribution in [0, 0.1) is 11.6 Å². The van der Waals surface area contributed by atoms with E-state index in [1.807, 2.05) is 30.3 Å². The molecule has 0 radical (unpaired) electrons. The third kappa shape index (κ3) is 3.57. The van der Waals surface area contributed by atoms with Gasteiger partial charge < -0.3 is 11.1 Å². The van der Waals surface area contributed by atoms with Crippen molar-refractivity contribution < 1.29 is 8.78 Å². The molecule has 0 bridgehead atoms. The molecule has 0 unspecified atom stereocenters. The SMILES string of the molecule is Nc1c(Nc2ccc(F)cc2F)ncnc1Sc1ccccc1. The quantitative estimate of drug-likeness (QED) is 0.701. The van der Waals surface area contributed by atoms with E-state index >= 15 is 0 Å². The number of rotatable bonds is 4. The summed E-state index contributed by atoms with van der Waals surface area (Å²) >= 11 is 1.38. The number of nitrogens with two attached hydrogens (primary N) is 1. The summed E-state index contributed by atoms with van der Waals surface area (Å²) in [6.07, 6.45) is 1.34. The number of nitrogen functional groups attached to an aromatic ring is 1. The molecule has 4 nitrogen and oxygen atoms in total. The Hall–Kier alpha value is -2.67. The molecular weight excluding hydrogens is 318 g/mol. The number of aromatic nitrogens is 2. The third-order valence-electron chi connectivity index (χ3n) is 2.99. The average molecular weight is 330 g/mol. The summed E-state index contributed by atoms with van der Waals surface area (Å²) in [6, 6.07) is 12.8. The summed E-state index contributed by atoms with van der Waals surface area (Å²) in [6.45, 7) is 0. The monoisotopic (exact) mass is 330 g/mol. The van der Waals surface area contributed by atoms with E-state index in [0.29, 0.717) is 10.7 Å². The van der Waals surface area contributed by atoms with Crippen molar-refractivity contribution in [3.05, 3.63) is 66.5 Å². The van der Waals surface area contributed by atoms with E-state index in [2.05, 4.69) is 15.3 Å². The molecule has 0 aliphatic carbocycles. The van der Waals surface area contributed by atoms with Gasteiger partial charge in [-0.3, -0.25) is 0 Å². The first-order valence-electron chi connectivity index (χ1n) is 6.69. The largest absolute Gasteiger partial charge is 0.394 e. The maximum Gasteiger partial charge on any atom is 0.158 e. The van der Waals surface area contributed by atoms with Crippen LogP contribution >= 0.6 is 11.8 Å². The van der Waals surface area contributed by atoms with Gasteiger partial charge in [-0.1, -0.05) is 30.0 Å². The molecule has 3 N–H and O–H groups in total. The summed E-state index contributed by atoms with van der Waals surface area (Å²) in [5.74, 6) is -1.10. The molecule has 3 rings (SSSR count). The molecule has 0 spiro atoms. The lowest BCUT2D eigenvalue weighted by Crippen LogP contribution is -2.03. The highest BCUT2D eigenvalue weighted by molar-refractivity contribution is 7.99. The molecule has 0 fully saturated rings. The van der Waals surface area contributed by atoms with Crippen LogP contribution in [0.1, 0.15) is 0 Å². The Morgan fingerprint density at radius 1 is 1.00 bits per heavy atom. The molecule has 0 atom stereocenters. The van der Waals surface area contributed by atoms with E-state index in [1.54, 1.807) is 0 Å². The molecule has 0 saturated carbocycles. The second-order valence-corrected chi connectivity index (χ2v) is 5.67. The summed E-state index contributed by atoms with van der Waals surface area (Å²) in [4.78, 5) is 9.13. The van der Waals surface area contributed by atoms with Gasteiger partial charge in [-0.25, -0.2) is 18.7 Å². The maximum absolute atomic E-state index is 13.7. The van der Waals surface area contributed by atoms with Crippen molar-refractivity contribution in [2.75, 3.05) is 11.1 Å². The lowest BCUT2D eigenvalue weighted by Gasteiger charge is -2.11. The van der Waals surface area contributed by atoms with Gasteiger partial charge in [0.2, 0.25) is 0 Å². The number of hydrogen-bond acceptors (Lipinski definition) is 5. The van der Waals surface area contributed by atoms with Gasteiger partial charge in [0, 0.05) is 11.0 Å². The average Bonchev–Trinajstić information content (AvgIpc) is 2.54. The van der Waals surface area contributed by atoms with Crippen LogP contribution in [0.4, 0.5) is 26.0 Å². The zero-order valence-electron chi connectivity index (χ0n) is 11.8. The second-order valence-electron chi connectivity index (χ2n) is 4.61. The number of halogens is 2. The first kappa shape index (κ1) is 15.2. The van der Waals surface area contributed by atoms with Crippen LogP contribution in [0.15, 0.2) is 64.8 Å². The van der Waals surface area contributed by atoms with E-state index < -0.39 is 11.6 Å². The minimum absolute atomic E-state index is 0.0902. The maximum atomic E-state index is 13.7. The van der Waals surface area contributed by atoms with Crippen LogP contribution < -0.4 is 11.1 Å². The Labute approximate surface area is 135 Å². The van der Waals surface area contributed by atoms with E-state index in [0.717, 1.165) is 17.0 Å². The van der Waals surface area contributed by atoms with Crippen LogP contribution in [0.5, 0.6) is 0 Å². The number of nitrogens with zero attached hydrogens (tertiary/aromatic N) is 2. The molecule has 0 saturated heterocycles. The number of hydrogen-bond donors (Lipinski definition) is 2. The minimum atomic E-state index is -0.722. The van der Waals surface area contributed by atoms with Crippen molar-refractivity contribution in [1.82, 2.24) is 9.97 Å². The number of anilines is 3. The molecule has 3 aromatic rings. The second kappa shape index (κ2) is 6.62. The molecule has 23 heavy (non-hydrogen) atoms. The number of nitrogens with one attached hydrogen (secondary N) is 1. The van der Waals surface area contributed by atoms with Crippen molar-refractivity contribution in [1.29, 1.82) is 0 Å². The normalized spacial score (nSPS) is 10.5. The molecule has 116 valence electrons. The molecule has 0 aliphatic rings. The van der Waals surface area contributed by atoms with Crippen molar-refractivity contribution in [2.24, 2.45) is 0 Å². The standard InChI is InChI=1S/C16H12F2N4S/c17-10-6-7-13(12(18)8-10)22-15-14(19)16(21-9-20-15)23-11-4-2-1-3-5-11/h1-9H,19H2,(H,20,21,22). The van der Waals surface area contributed by atoms with Gasteiger partial charge in [-0.05, 0) is 24.3 Å². The van der Waals surface area contributed by atoms with Gasteiger partial charge in [0.05, 0.1) is 5.69 Å². The van der Waals surface area contributed by atoms with Crippen LogP contribution in [0.25, 0.3) is 0 Å². The fourth-order valence-electron chi connectivity index (χ4n) is 1.88. The van der Waals surface area contributed by atoms with Gasteiger partial charge in [-0.15, -0.1) is 0 Å². The lowest BCUT2D eigenvalue weighted by molar-refractivity contribution is 0.586. The third-order valence-corrected chi connectivity index (χ3v) is 4.02. The Bertz CT molecular complexity index is 828. The minimum Gasteiger partial charge on any atom is -0.394 e. The molecule has 7 heteroatoms. The summed E-state index contributed by atoms with van der Waals surface area (Å²) < 4.78 is 26.7. The molecule has 1 heterocycles. The highest BCUT2D eigenvalue weighted by atomic mass is 32.2. The Balaban J connectivity index is 1.87. The first-order chi connectivity index (χ1) is 11.1. The smallest absolute Gasteiger partial charge is 0.158 e. The molecule has 0 amide bonds. The number of benzene rings is 2. The van der Waals surface area contributed by atoms with E-state index in [-0.39, 0.29) is 11.5 Å². The summed E-state index contributed by atoms with van der Waals surface area (Å²) in [7, 11) is 0. The van der Waals surface area contributed by atoms with E-state index in [9.17, 15) is 8.78 Å². The molecular formula is C16H12F2N4S. The van der Waals surface area contributed by atoms with Crippen LogP contribution in [0.2, 0.25) is 0 Å². The van der Waals surface area contributed by atoms with Crippen molar-refractivity contribution in [2.45, 2.75) is 9.92 Å². The van der Waals surface area contributed by atoms with Crippen LogP contribution in [0.3, 0.4) is 0 Å². The fraction of sp³-hybridized carbons (Fsp3) is 0. The van der Waals surface area contributed by atoms with Crippen molar-refractivity contribution in [3.63, 3.8) is 0 Å². The van der Waals surface area contributed by atoms with Gasteiger partial charge in [0.1, 0.15) is 28.7 Å². The predicted octanol–water partition coefficient (Wildman–Crippen LogP) is 4.23. The van der Waals surface area contributed by atoms with Crippen LogP contribution in [-0.2, 0) is 0 Å². The Morgan fingerprint density at radius 2 is 1.78 bits per heavy atom. The van der Waals surface area contributed by atoms with Gasteiger partial charge in [0.25, 0.3) is 0 Å². The Morgan fingerprint density at radius 3 is 2.52 bits per heavy atom. The van der Waals surface area contributed by atoms with Gasteiger partial charge in [-0.2, -0.15) is 0 Å². The first-order valence-corrected chi connectivity index (χ1v) is 7.50. The highest BCUT2D eigenvalue weighted by Crippen LogP contribution is 2.34.